The number of benzene rings is 1. The number of rotatable bonds is 6. The Labute approximate surface area is 125 Å². The van der Waals surface area contributed by atoms with Crippen molar-refractivity contribution < 1.29 is 9.47 Å². The molecule has 0 saturated heterocycles. The fraction of sp³-hybridized carbons (Fsp3) is 0.438. The molecule has 114 valence electrons. The highest BCUT2D eigenvalue weighted by Crippen LogP contribution is 2.27. The molecule has 0 radical (unpaired) electrons. The molecule has 1 aromatic heterocycles. The second-order valence-electron chi connectivity index (χ2n) is 5.25. The molecule has 21 heavy (non-hydrogen) atoms. The van der Waals surface area contributed by atoms with Crippen LogP contribution in [0.2, 0.25) is 0 Å². The lowest BCUT2D eigenvalue weighted by Gasteiger charge is -2.17. The van der Waals surface area contributed by atoms with Crippen molar-refractivity contribution >= 4 is 5.95 Å². The van der Waals surface area contributed by atoms with E-state index >= 15 is 0 Å². The molecule has 5 heteroatoms. The molecule has 1 unspecified atom stereocenters. The largest absolute Gasteiger partial charge is 0.495 e. The molecule has 0 aliphatic carbocycles. The average molecular weight is 289 g/mol. The molecular formula is C16H23N3O2. The summed E-state index contributed by atoms with van der Waals surface area (Å²) in [6.07, 6.45) is 2.00. The molecule has 1 aromatic carbocycles. The van der Waals surface area contributed by atoms with E-state index < -0.39 is 0 Å². The van der Waals surface area contributed by atoms with E-state index in [-0.39, 0.29) is 6.04 Å². The van der Waals surface area contributed by atoms with E-state index in [0.717, 1.165) is 23.1 Å². The summed E-state index contributed by atoms with van der Waals surface area (Å²) in [5, 5.41) is 3.37. The zero-order chi connectivity index (χ0) is 15.4. The molecule has 0 aliphatic heterocycles. The zero-order valence-electron chi connectivity index (χ0n) is 13.3. The van der Waals surface area contributed by atoms with Crippen LogP contribution in [0, 0.1) is 13.8 Å². The van der Waals surface area contributed by atoms with Gasteiger partial charge in [0.05, 0.1) is 25.1 Å². The number of nitrogens with zero attached hydrogens (tertiary/aromatic N) is 2. The predicted molar refractivity (Wildman–Crippen MR) is 84.6 cm³/mol. The summed E-state index contributed by atoms with van der Waals surface area (Å²) in [4.78, 5) is 4.56. The van der Waals surface area contributed by atoms with Crippen LogP contribution in [0.25, 0.3) is 5.69 Å². The quantitative estimate of drug-likeness (QED) is 0.888. The van der Waals surface area contributed by atoms with Crippen LogP contribution >= 0.6 is 0 Å². The molecule has 0 spiro atoms. The SMILES string of the molecule is COCC(C)Nc1nc(C)cn1-c1cc(C)ccc1OC. The summed E-state index contributed by atoms with van der Waals surface area (Å²) < 4.78 is 12.7. The van der Waals surface area contributed by atoms with Gasteiger partial charge in [-0.2, -0.15) is 0 Å². The molecule has 2 aromatic rings. The van der Waals surface area contributed by atoms with Crippen LogP contribution in [0.5, 0.6) is 5.75 Å². The van der Waals surface area contributed by atoms with Crippen molar-refractivity contribution in [1.82, 2.24) is 9.55 Å². The Balaban J connectivity index is 2.42. The Bertz CT molecular complexity index is 608. The fourth-order valence-corrected chi connectivity index (χ4v) is 2.28. The lowest BCUT2D eigenvalue weighted by molar-refractivity contribution is 0.190. The Kier molecular flexibility index (Phi) is 4.85. The van der Waals surface area contributed by atoms with Gasteiger partial charge in [-0.1, -0.05) is 6.07 Å². The zero-order valence-corrected chi connectivity index (χ0v) is 13.3. The van der Waals surface area contributed by atoms with E-state index in [9.17, 15) is 0 Å². The topological polar surface area (TPSA) is 48.3 Å². The van der Waals surface area contributed by atoms with Crippen molar-refractivity contribution in [1.29, 1.82) is 0 Å². The minimum absolute atomic E-state index is 0.173. The summed E-state index contributed by atoms with van der Waals surface area (Å²) >= 11 is 0. The van der Waals surface area contributed by atoms with Crippen LogP contribution in [-0.2, 0) is 4.74 Å². The first-order valence-corrected chi connectivity index (χ1v) is 7.01. The fourth-order valence-electron chi connectivity index (χ4n) is 2.28. The first kappa shape index (κ1) is 15.4. The molecular weight excluding hydrogens is 266 g/mol. The molecule has 5 nitrogen and oxygen atoms in total. The van der Waals surface area contributed by atoms with E-state index in [1.807, 2.05) is 29.8 Å². The van der Waals surface area contributed by atoms with Gasteiger partial charge in [-0.15, -0.1) is 0 Å². The standard InChI is InChI=1S/C16H23N3O2/c1-11-6-7-15(21-5)14(8-11)19-9-12(2)17-16(19)18-13(3)10-20-4/h6-9,13H,10H2,1-5H3,(H,17,18). The normalized spacial score (nSPS) is 12.2. The van der Waals surface area contributed by atoms with Gasteiger partial charge in [0.15, 0.2) is 0 Å². The molecule has 0 fully saturated rings. The van der Waals surface area contributed by atoms with Gasteiger partial charge in [-0.05, 0) is 38.5 Å². The number of nitrogens with one attached hydrogen (secondary N) is 1. The maximum atomic E-state index is 5.47. The maximum absolute atomic E-state index is 5.47. The number of hydrogen-bond acceptors (Lipinski definition) is 4. The Hall–Kier alpha value is -2.01. The number of aromatic nitrogens is 2. The van der Waals surface area contributed by atoms with Gasteiger partial charge in [0.1, 0.15) is 5.75 Å². The lowest BCUT2D eigenvalue weighted by Crippen LogP contribution is -2.23. The van der Waals surface area contributed by atoms with Gasteiger partial charge in [-0.3, -0.25) is 4.57 Å². The minimum atomic E-state index is 0.173. The van der Waals surface area contributed by atoms with Crippen LogP contribution < -0.4 is 10.1 Å². The van der Waals surface area contributed by atoms with Crippen molar-refractivity contribution in [3.63, 3.8) is 0 Å². The third-order valence-corrected chi connectivity index (χ3v) is 3.21. The molecule has 1 heterocycles. The van der Waals surface area contributed by atoms with E-state index in [4.69, 9.17) is 9.47 Å². The summed E-state index contributed by atoms with van der Waals surface area (Å²) in [7, 11) is 3.37. The predicted octanol–water partition coefficient (Wildman–Crippen LogP) is 2.94. The van der Waals surface area contributed by atoms with E-state index in [1.54, 1.807) is 14.2 Å². The average Bonchev–Trinajstić information content (AvgIpc) is 2.79. The summed E-state index contributed by atoms with van der Waals surface area (Å²) in [6.45, 7) is 6.72. The van der Waals surface area contributed by atoms with Crippen molar-refractivity contribution in [3.8, 4) is 11.4 Å². The maximum Gasteiger partial charge on any atom is 0.208 e. The van der Waals surface area contributed by atoms with E-state index in [1.165, 1.54) is 5.56 Å². The van der Waals surface area contributed by atoms with Crippen molar-refractivity contribution in [3.05, 3.63) is 35.7 Å². The lowest BCUT2D eigenvalue weighted by atomic mass is 10.2. The molecule has 0 aliphatic rings. The molecule has 0 saturated carbocycles. The van der Waals surface area contributed by atoms with E-state index in [2.05, 4.69) is 30.2 Å². The number of anilines is 1. The van der Waals surface area contributed by atoms with Crippen LogP contribution in [-0.4, -0.2) is 36.4 Å². The van der Waals surface area contributed by atoms with E-state index in [0.29, 0.717) is 6.61 Å². The Morgan fingerprint density at radius 1 is 1.29 bits per heavy atom. The Morgan fingerprint density at radius 2 is 2.05 bits per heavy atom. The third-order valence-electron chi connectivity index (χ3n) is 3.21. The molecule has 2 rings (SSSR count). The summed E-state index contributed by atoms with van der Waals surface area (Å²) in [5.74, 6) is 1.61. The number of hydrogen-bond donors (Lipinski definition) is 1. The second-order valence-corrected chi connectivity index (χ2v) is 5.25. The van der Waals surface area contributed by atoms with Gasteiger partial charge in [-0.25, -0.2) is 4.98 Å². The van der Waals surface area contributed by atoms with Crippen LogP contribution in [0.3, 0.4) is 0 Å². The van der Waals surface area contributed by atoms with Crippen LogP contribution in [0.15, 0.2) is 24.4 Å². The first-order valence-electron chi connectivity index (χ1n) is 7.01. The van der Waals surface area contributed by atoms with Crippen LogP contribution in [0.1, 0.15) is 18.2 Å². The highest BCUT2D eigenvalue weighted by molar-refractivity contribution is 5.53. The molecule has 1 N–H and O–H groups in total. The van der Waals surface area contributed by atoms with Gasteiger partial charge in [0.2, 0.25) is 5.95 Å². The van der Waals surface area contributed by atoms with Crippen LogP contribution in [0.4, 0.5) is 5.95 Å². The molecule has 0 bridgehead atoms. The minimum Gasteiger partial charge on any atom is -0.495 e. The van der Waals surface area contributed by atoms with Crippen molar-refractivity contribution in [2.24, 2.45) is 0 Å². The number of methoxy groups -OCH3 is 2. The van der Waals surface area contributed by atoms with Crippen molar-refractivity contribution in [2.45, 2.75) is 26.8 Å². The monoisotopic (exact) mass is 289 g/mol. The molecule has 1 atom stereocenters. The number of imidazole rings is 1. The number of ether oxygens (including phenoxy) is 2. The van der Waals surface area contributed by atoms with Gasteiger partial charge in [0, 0.05) is 19.3 Å². The highest BCUT2D eigenvalue weighted by Gasteiger charge is 2.14. The van der Waals surface area contributed by atoms with Gasteiger partial charge >= 0.3 is 0 Å². The Morgan fingerprint density at radius 3 is 2.71 bits per heavy atom. The number of aryl methyl sites for hydroxylation is 2. The third kappa shape index (κ3) is 3.55. The van der Waals surface area contributed by atoms with Gasteiger partial charge < -0.3 is 14.8 Å². The first-order chi connectivity index (χ1) is 10.0. The van der Waals surface area contributed by atoms with Crippen molar-refractivity contribution in [2.75, 3.05) is 26.1 Å². The second kappa shape index (κ2) is 6.63. The summed E-state index contributed by atoms with van der Waals surface area (Å²) in [6, 6.07) is 6.27. The highest BCUT2D eigenvalue weighted by atomic mass is 16.5. The smallest absolute Gasteiger partial charge is 0.208 e. The van der Waals surface area contributed by atoms with Gasteiger partial charge in [0.25, 0.3) is 0 Å². The molecule has 0 amide bonds. The summed E-state index contributed by atoms with van der Waals surface area (Å²) in [5.41, 5.74) is 3.10.